The van der Waals surface area contributed by atoms with Crippen molar-refractivity contribution in [3.63, 3.8) is 0 Å². The smallest absolute Gasteiger partial charge is 0.157 e. The van der Waals surface area contributed by atoms with E-state index in [0.717, 1.165) is 54.0 Å². The highest BCUT2D eigenvalue weighted by atomic mass is 16.3. The number of benzene rings is 16. The first-order valence-electron chi connectivity index (χ1n) is 45.1. The van der Waals surface area contributed by atoms with Crippen molar-refractivity contribution in [2.75, 3.05) is 0 Å². The normalized spacial score (nSPS) is 8.84. The van der Waals surface area contributed by atoms with Gasteiger partial charge in [-0.25, -0.2) is 0 Å². The molecule has 7 N–H and O–H groups in total. The van der Waals surface area contributed by atoms with Crippen molar-refractivity contribution in [2.24, 2.45) is 0 Å². The molecule has 16 rings (SSSR count). The summed E-state index contributed by atoms with van der Waals surface area (Å²) in [4.78, 5) is 0. The summed E-state index contributed by atoms with van der Waals surface area (Å²) < 4.78 is 0. The van der Waals surface area contributed by atoms with Crippen LogP contribution in [-0.4, -0.2) is 35.7 Å². The van der Waals surface area contributed by atoms with E-state index >= 15 is 0 Å². The van der Waals surface area contributed by atoms with Gasteiger partial charge in [0.2, 0.25) is 0 Å². The van der Waals surface area contributed by atoms with E-state index in [0.29, 0.717) is 17.2 Å². The molecule has 0 heterocycles. The number of phenols is 7. The van der Waals surface area contributed by atoms with Crippen molar-refractivity contribution < 1.29 is 35.7 Å². The molecule has 0 atom stereocenters. The number of rotatable bonds is 5. The Morgan fingerprint density at radius 1 is 0.163 bits per heavy atom. The number of aryl methyl sites for hydroxylation is 7. The highest BCUT2D eigenvalue weighted by molar-refractivity contribution is 5.89. The molecule has 0 aliphatic carbocycles. The lowest BCUT2D eigenvalue weighted by molar-refractivity contribution is 0.404. The third-order valence-electron chi connectivity index (χ3n) is 17.0. The van der Waals surface area contributed by atoms with Gasteiger partial charge >= 0.3 is 0 Å². The van der Waals surface area contributed by atoms with Gasteiger partial charge in [-0.15, -0.1) is 0 Å². The first-order valence-corrected chi connectivity index (χ1v) is 45.1. The first-order chi connectivity index (χ1) is 60.1. The lowest BCUT2D eigenvalue weighted by Gasteiger charge is -2.02. The van der Waals surface area contributed by atoms with Gasteiger partial charge in [0.15, 0.2) is 11.5 Å². The zero-order valence-electron chi connectivity index (χ0n) is 80.2. The first kappa shape index (κ1) is 117. The minimum atomic E-state index is -0.0764. The number of hydrogen-bond acceptors (Lipinski definition) is 7. The van der Waals surface area contributed by atoms with E-state index in [1.54, 1.807) is 48.5 Å². The van der Waals surface area contributed by atoms with Gasteiger partial charge in [-0.1, -0.05) is 464 Å². The number of fused-ring (bicyclic) bond motifs is 6. The minimum absolute atomic E-state index is 0.0764. The van der Waals surface area contributed by atoms with Crippen molar-refractivity contribution in [3.05, 3.63) is 391 Å². The van der Waals surface area contributed by atoms with Gasteiger partial charge in [-0.3, -0.25) is 0 Å². The van der Waals surface area contributed by atoms with Gasteiger partial charge in [0.1, 0.15) is 28.7 Å². The standard InChI is InChI=1S/5C12H12.C10H8O.C8H10O.2C6H6O2.C6H6O.10C2H6/c5*1-2-10-7-5-8-11-6-3-4-9-12(10)11;11-10-6-5-8-3-1-2-4-9(8)7-10;1-6-4-3-5-7(2)8(6)9;7-5-1-2-6(8)4-3-5;7-5-3-1-2-4-6(5)8;7-6-4-2-1-3-5-6;10*1-2/h5*3-9H,2H2,1H3;1-7,11H;3-5,9H,1-2H3;2*1-4,7-8H;1-5,7H;10*1-2H3. The Labute approximate surface area is 745 Å². The van der Waals surface area contributed by atoms with E-state index < -0.39 is 0 Å². The van der Waals surface area contributed by atoms with Crippen LogP contribution >= 0.6 is 0 Å². The second-order valence-corrected chi connectivity index (χ2v) is 24.1. The summed E-state index contributed by atoms with van der Waals surface area (Å²) in [6.45, 7) is 54.8. The molecule has 0 aliphatic heterocycles. The number of para-hydroxylation sites is 4. The fourth-order valence-corrected chi connectivity index (χ4v) is 11.3. The van der Waals surface area contributed by atoms with E-state index in [4.69, 9.17) is 30.6 Å². The summed E-state index contributed by atoms with van der Waals surface area (Å²) in [5, 5.41) is 77.5. The summed E-state index contributed by atoms with van der Waals surface area (Å²) in [6, 6.07) is 115. The zero-order valence-corrected chi connectivity index (χ0v) is 80.2. The fraction of sp³-hybridized carbons (Fsp3) is 0.276. The number of phenolic OH excluding ortho intramolecular Hbond substituents is 7. The van der Waals surface area contributed by atoms with Crippen molar-refractivity contribution in [3.8, 4) is 40.2 Å². The number of hydrogen-bond donors (Lipinski definition) is 7. The Balaban J connectivity index is -0.000000627. The van der Waals surface area contributed by atoms with Gasteiger partial charge in [0.25, 0.3) is 0 Å². The fourth-order valence-electron chi connectivity index (χ4n) is 11.3. The SMILES string of the molecule is CC.CC.CC.CC.CC.CC.CC.CC.CC.CC.CCc1cccc2ccccc12.CCc1cccc2ccccc12.CCc1cccc2ccccc12.CCc1cccc2ccccc12.CCc1cccc2ccccc12.Cc1cccc(C)c1O.Oc1ccc(O)cc1.Oc1ccc2ccccc2c1.Oc1ccccc1.Oc1ccccc1O. The van der Waals surface area contributed by atoms with Crippen molar-refractivity contribution in [1.82, 2.24) is 0 Å². The quantitative estimate of drug-likeness (QED) is 0.0672. The van der Waals surface area contributed by atoms with Gasteiger partial charge in [-0.05, 0) is 210 Å². The average Bonchev–Trinajstić information content (AvgIpc) is 0.847. The maximum absolute atomic E-state index is 9.21. The van der Waals surface area contributed by atoms with Gasteiger partial charge < -0.3 is 35.7 Å². The van der Waals surface area contributed by atoms with Crippen molar-refractivity contribution in [2.45, 2.75) is 219 Å². The number of aromatic hydroxyl groups is 7. The van der Waals surface area contributed by atoms with Gasteiger partial charge in [0, 0.05) is 0 Å². The Morgan fingerprint density at radius 2 is 0.350 bits per heavy atom. The van der Waals surface area contributed by atoms with Crippen molar-refractivity contribution >= 4 is 64.6 Å². The third-order valence-corrected chi connectivity index (χ3v) is 17.0. The van der Waals surface area contributed by atoms with Crippen LogP contribution in [0.3, 0.4) is 0 Å². The van der Waals surface area contributed by atoms with E-state index in [9.17, 15) is 5.11 Å². The minimum Gasteiger partial charge on any atom is -0.508 e. The molecule has 0 aliphatic rings. The topological polar surface area (TPSA) is 142 Å². The molecular weight excluding hydrogens is 1510 g/mol. The lowest BCUT2D eigenvalue weighted by Crippen LogP contribution is -1.81. The Hall–Kier alpha value is -12.3. The van der Waals surface area contributed by atoms with Crippen LogP contribution in [0.5, 0.6) is 40.2 Å². The lowest BCUT2D eigenvalue weighted by atomic mass is 10.0. The molecule has 0 fully saturated rings. The van der Waals surface area contributed by atoms with Crippen LogP contribution in [0.25, 0.3) is 64.6 Å². The van der Waals surface area contributed by atoms with Crippen LogP contribution in [0.2, 0.25) is 0 Å². The van der Waals surface area contributed by atoms with Crippen LogP contribution < -0.4 is 0 Å². The highest BCUT2D eigenvalue weighted by Crippen LogP contribution is 2.26. The van der Waals surface area contributed by atoms with Crippen LogP contribution in [-0.2, 0) is 32.1 Å². The molecule has 16 aromatic rings. The largest absolute Gasteiger partial charge is 0.508 e. The maximum atomic E-state index is 9.21. The van der Waals surface area contributed by atoms with E-state index in [-0.39, 0.29) is 23.0 Å². The summed E-state index contributed by atoms with van der Waals surface area (Å²) in [7, 11) is 0. The molecule has 16 aromatic carbocycles. The van der Waals surface area contributed by atoms with Crippen LogP contribution in [0.15, 0.2) is 352 Å². The molecule has 0 bridgehead atoms. The Bertz CT molecular complexity index is 4600. The zero-order chi connectivity index (χ0) is 93.6. The van der Waals surface area contributed by atoms with Crippen LogP contribution in [0, 0.1) is 13.8 Å². The molecule has 0 unspecified atom stereocenters. The predicted octanol–water partition coefficient (Wildman–Crippen LogP) is 35.4. The molecule has 0 spiro atoms. The average molecular weight is 1660 g/mol. The molecule has 7 nitrogen and oxygen atoms in total. The maximum Gasteiger partial charge on any atom is 0.157 e. The van der Waals surface area contributed by atoms with Crippen molar-refractivity contribution in [1.29, 1.82) is 0 Å². The molecular formula is C116H156O7. The molecule has 0 aromatic heterocycles. The van der Waals surface area contributed by atoms with Crippen LogP contribution in [0.1, 0.15) is 212 Å². The molecule has 7 heteroatoms. The summed E-state index contributed by atoms with van der Waals surface area (Å²) >= 11 is 0. The predicted molar refractivity (Wildman–Crippen MR) is 551 cm³/mol. The monoisotopic (exact) mass is 1660 g/mol. The summed E-state index contributed by atoms with van der Waals surface area (Å²) in [5.41, 5.74) is 9.07. The Morgan fingerprint density at radius 3 is 0.569 bits per heavy atom. The summed E-state index contributed by atoms with van der Waals surface area (Å²) in [6.07, 6.45) is 5.56. The van der Waals surface area contributed by atoms with Gasteiger partial charge in [-0.2, -0.15) is 0 Å². The molecule has 0 radical (unpaired) electrons. The highest BCUT2D eigenvalue weighted by Gasteiger charge is 2.02. The second kappa shape index (κ2) is 78.2. The van der Waals surface area contributed by atoms with Gasteiger partial charge in [0.05, 0.1) is 0 Å². The van der Waals surface area contributed by atoms with E-state index in [2.05, 4.69) is 247 Å². The third kappa shape index (κ3) is 46.3. The molecule has 662 valence electrons. The molecule has 0 saturated carbocycles. The van der Waals surface area contributed by atoms with E-state index in [1.807, 2.05) is 207 Å². The molecule has 123 heavy (non-hydrogen) atoms. The summed E-state index contributed by atoms with van der Waals surface area (Å²) in [5.74, 6) is 1.24. The van der Waals surface area contributed by atoms with E-state index in [1.165, 1.54) is 118 Å². The second-order valence-electron chi connectivity index (χ2n) is 24.1. The van der Waals surface area contributed by atoms with Crippen LogP contribution in [0.4, 0.5) is 0 Å². The molecule has 0 amide bonds. The molecule has 0 saturated heterocycles. The Kier molecular flexibility index (Phi) is 74.4.